The second kappa shape index (κ2) is 12.7. The van der Waals surface area contributed by atoms with Crippen molar-refractivity contribution in [3.8, 4) is 5.75 Å². The molecule has 2 saturated heterocycles. The fourth-order valence-corrected chi connectivity index (χ4v) is 6.71. The lowest BCUT2D eigenvalue weighted by Gasteiger charge is -2.39. The van der Waals surface area contributed by atoms with E-state index < -0.39 is 0 Å². The van der Waals surface area contributed by atoms with Crippen LogP contribution in [0, 0.1) is 0 Å². The van der Waals surface area contributed by atoms with Gasteiger partial charge in [-0.1, -0.05) is 41.4 Å². The van der Waals surface area contributed by atoms with Gasteiger partial charge in [-0.25, -0.2) is 4.79 Å². The molecule has 3 aromatic carbocycles. The molecule has 0 saturated carbocycles. The topological polar surface area (TPSA) is 55.8 Å². The molecule has 0 aliphatic carbocycles. The molecule has 3 aromatic rings. The van der Waals surface area contributed by atoms with E-state index in [1.54, 1.807) is 30.8 Å². The molecule has 2 aliphatic rings. The highest BCUT2D eigenvalue weighted by atomic mass is 35.5. The van der Waals surface area contributed by atoms with E-state index >= 15 is 0 Å². The Labute approximate surface area is 243 Å². The highest BCUT2D eigenvalue weighted by Gasteiger charge is 2.44. The van der Waals surface area contributed by atoms with Crippen LogP contribution in [0.25, 0.3) is 0 Å². The van der Waals surface area contributed by atoms with Crippen molar-refractivity contribution in [2.45, 2.75) is 62.3 Å². The second-order valence-electron chi connectivity index (χ2n) is 9.99. The van der Waals surface area contributed by atoms with E-state index in [2.05, 4.69) is 4.90 Å². The molecule has 2 bridgehead atoms. The molecule has 2 aliphatic heterocycles. The number of carbonyl (C=O) groups excluding carboxylic acids is 2. The number of benzene rings is 3. The van der Waals surface area contributed by atoms with Gasteiger partial charge < -0.3 is 14.4 Å². The zero-order valence-electron chi connectivity index (χ0n) is 21.8. The first-order valence-corrected chi connectivity index (χ1v) is 15.2. The van der Waals surface area contributed by atoms with E-state index in [1.807, 2.05) is 54.6 Å². The number of fused-ring (bicyclic) bond motifs is 2. The van der Waals surface area contributed by atoms with Gasteiger partial charge >= 0.3 is 5.97 Å². The van der Waals surface area contributed by atoms with Gasteiger partial charge in [0.1, 0.15) is 11.9 Å². The van der Waals surface area contributed by atoms with Gasteiger partial charge in [0.25, 0.3) is 5.91 Å². The van der Waals surface area contributed by atoms with Gasteiger partial charge in [-0.2, -0.15) is 11.8 Å². The number of ether oxygens (including phenoxy) is 2. The van der Waals surface area contributed by atoms with Crippen LogP contribution in [-0.4, -0.2) is 41.6 Å². The fourth-order valence-electron chi connectivity index (χ4n) is 5.44. The van der Waals surface area contributed by atoms with Gasteiger partial charge in [0.15, 0.2) is 0 Å². The molecule has 0 aromatic heterocycles. The molecular formula is C31H31Cl2NO4S. The third-order valence-corrected chi connectivity index (χ3v) is 9.13. The summed E-state index contributed by atoms with van der Waals surface area (Å²) in [5.74, 6) is 2.20. The van der Waals surface area contributed by atoms with Crippen molar-refractivity contribution in [2.24, 2.45) is 0 Å². The Morgan fingerprint density at radius 3 is 2.10 bits per heavy atom. The summed E-state index contributed by atoms with van der Waals surface area (Å²) in [5.41, 5.74) is 3.57. The van der Waals surface area contributed by atoms with E-state index in [1.165, 1.54) is 5.56 Å². The Morgan fingerprint density at radius 2 is 1.46 bits per heavy atom. The van der Waals surface area contributed by atoms with Crippen molar-refractivity contribution in [3.05, 3.63) is 99.0 Å². The zero-order chi connectivity index (χ0) is 27.4. The van der Waals surface area contributed by atoms with E-state index in [9.17, 15) is 9.59 Å². The SMILES string of the molecule is CCOC(=O)c1ccc(OC2CC3CCC(C2)N3C(=O)c2ccc(CSCc3ccc(Cl)c(Cl)c3)cc2)cc1. The molecule has 2 atom stereocenters. The van der Waals surface area contributed by atoms with Crippen LogP contribution in [0.5, 0.6) is 5.75 Å². The Kier molecular flexibility index (Phi) is 9.06. The van der Waals surface area contributed by atoms with Gasteiger partial charge in [0, 0.05) is 42.0 Å². The van der Waals surface area contributed by atoms with Crippen molar-refractivity contribution >= 4 is 46.8 Å². The van der Waals surface area contributed by atoms with Gasteiger partial charge in [0.05, 0.1) is 22.2 Å². The van der Waals surface area contributed by atoms with Crippen LogP contribution >= 0.6 is 35.0 Å². The normalized spacial score (nSPS) is 20.1. The predicted octanol–water partition coefficient (Wildman–Crippen LogP) is 7.82. The van der Waals surface area contributed by atoms with E-state index in [0.29, 0.717) is 22.2 Å². The monoisotopic (exact) mass is 583 g/mol. The number of rotatable bonds is 9. The summed E-state index contributed by atoms with van der Waals surface area (Å²) in [6.07, 6.45) is 3.68. The minimum absolute atomic E-state index is 0.0508. The lowest BCUT2D eigenvalue weighted by molar-refractivity contribution is 0.0359. The lowest BCUT2D eigenvalue weighted by atomic mass is 9.98. The van der Waals surface area contributed by atoms with Crippen LogP contribution in [0.1, 0.15) is 64.4 Å². The Hall–Kier alpha value is -2.67. The van der Waals surface area contributed by atoms with Crippen molar-refractivity contribution in [1.29, 1.82) is 0 Å². The van der Waals surface area contributed by atoms with Crippen molar-refractivity contribution < 1.29 is 19.1 Å². The molecule has 0 spiro atoms. The number of hydrogen-bond donors (Lipinski definition) is 0. The standard InChI is InChI=1S/C31H31Cl2NO4S/c1-2-37-31(36)23-8-12-26(13-9-23)38-27-16-24-10-11-25(17-27)34(24)30(35)22-6-3-20(4-7-22)18-39-19-21-5-14-28(32)29(33)15-21/h3-9,12-15,24-25,27H,2,10-11,16-19H2,1H3. The van der Waals surface area contributed by atoms with E-state index in [0.717, 1.165) is 54.1 Å². The summed E-state index contributed by atoms with van der Waals surface area (Å²) in [4.78, 5) is 27.4. The first-order chi connectivity index (χ1) is 18.9. The predicted molar refractivity (Wildman–Crippen MR) is 157 cm³/mol. The molecule has 1 amide bonds. The minimum atomic E-state index is -0.330. The van der Waals surface area contributed by atoms with E-state index in [-0.39, 0.29) is 30.1 Å². The smallest absolute Gasteiger partial charge is 0.338 e. The maximum atomic E-state index is 13.5. The van der Waals surface area contributed by atoms with Gasteiger partial charge in [-0.15, -0.1) is 0 Å². The number of nitrogens with zero attached hydrogens (tertiary/aromatic N) is 1. The summed E-state index contributed by atoms with van der Waals surface area (Å²) in [7, 11) is 0. The van der Waals surface area contributed by atoms with Crippen molar-refractivity contribution in [2.75, 3.05) is 6.61 Å². The Balaban J connectivity index is 1.13. The van der Waals surface area contributed by atoms with E-state index in [4.69, 9.17) is 32.7 Å². The molecule has 2 fully saturated rings. The molecule has 39 heavy (non-hydrogen) atoms. The maximum Gasteiger partial charge on any atom is 0.338 e. The average molecular weight is 585 g/mol. The fraction of sp³-hybridized carbons (Fsp3) is 0.355. The van der Waals surface area contributed by atoms with Crippen molar-refractivity contribution in [3.63, 3.8) is 0 Å². The summed E-state index contributed by atoms with van der Waals surface area (Å²) in [6.45, 7) is 2.14. The average Bonchev–Trinajstić information content (AvgIpc) is 3.21. The number of thioether (sulfide) groups is 1. The largest absolute Gasteiger partial charge is 0.490 e. The van der Waals surface area contributed by atoms with Crippen LogP contribution < -0.4 is 4.74 Å². The molecular weight excluding hydrogens is 553 g/mol. The molecule has 8 heteroatoms. The lowest BCUT2D eigenvalue weighted by Crippen LogP contribution is -2.49. The molecule has 5 rings (SSSR count). The number of piperidine rings is 1. The number of carbonyl (C=O) groups is 2. The first kappa shape index (κ1) is 27.9. The number of esters is 1. The van der Waals surface area contributed by atoms with Crippen molar-refractivity contribution in [1.82, 2.24) is 4.90 Å². The van der Waals surface area contributed by atoms with Gasteiger partial charge in [-0.3, -0.25) is 4.79 Å². The van der Waals surface area contributed by atoms with Crippen LogP contribution in [0.3, 0.4) is 0 Å². The van der Waals surface area contributed by atoms with Crippen LogP contribution in [0.4, 0.5) is 0 Å². The van der Waals surface area contributed by atoms with Gasteiger partial charge in [0.2, 0.25) is 0 Å². The van der Waals surface area contributed by atoms with Crippen LogP contribution in [-0.2, 0) is 16.2 Å². The number of amides is 1. The first-order valence-electron chi connectivity index (χ1n) is 13.3. The Bertz CT molecular complexity index is 1300. The molecule has 0 radical (unpaired) electrons. The minimum Gasteiger partial charge on any atom is -0.490 e. The molecule has 0 N–H and O–H groups in total. The highest BCUT2D eigenvalue weighted by molar-refractivity contribution is 7.97. The Morgan fingerprint density at radius 1 is 0.846 bits per heavy atom. The summed E-state index contributed by atoms with van der Waals surface area (Å²) >= 11 is 13.9. The third-order valence-electron chi connectivity index (χ3n) is 7.31. The quantitative estimate of drug-likeness (QED) is 0.240. The second-order valence-corrected chi connectivity index (χ2v) is 11.8. The molecule has 5 nitrogen and oxygen atoms in total. The van der Waals surface area contributed by atoms with Crippen LogP contribution in [0.2, 0.25) is 10.0 Å². The summed E-state index contributed by atoms with van der Waals surface area (Å²) in [6, 6.07) is 21.2. The molecule has 204 valence electrons. The highest BCUT2D eigenvalue weighted by Crippen LogP contribution is 2.38. The van der Waals surface area contributed by atoms with Crippen LogP contribution in [0.15, 0.2) is 66.7 Å². The number of hydrogen-bond acceptors (Lipinski definition) is 5. The zero-order valence-corrected chi connectivity index (χ0v) is 24.1. The van der Waals surface area contributed by atoms with Gasteiger partial charge in [-0.05, 0) is 79.4 Å². The molecule has 2 unspecified atom stereocenters. The summed E-state index contributed by atoms with van der Waals surface area (Å²) in [5, 5.41) is 1.14. The third kappa shape index (κ3) is 6.74. The molecule has 2 heterocycles. The maximum absolute atomic E-state index is 13.5. The summed E-state index contributed by atoms with van der Waals surface area (Å²) < 4.78 is 11.3. The number of halogens is 2.